The molecule has 0 unspecified atom stereocenters. The summed E-state index contributed by atoms with van der Waals surface area (Å²) >= 11 is 5.55. The van der Waals surface area contributed by atoms with Gasteiger partial charge in [0.2, 0.25) is 0 Å². The molecule has 1 aliphatic heterocycles. The molecule has 22 heavy (non-hydrogen) atoms. The SMILES string of the molecule is O=C(C[NH+]1CCCCCC1)Nc1ccc(Cl)c(C(F)(F)F)c1. The van der Waals surface area contributed by atoms with E-state index in [1.165, 1.54) is 23.8 Å². The van der Waals surface area contributed by atoms with Crippen molar-refractivity contribution in [3.63, 3.8) is 0 Å². The summed E-state index contributed by atoms with van der Waals surface area (Å²) in [6.07, 6.45) is -0.00803. The molecular weight excluding hydrogens is 317 g/mol. The highest BCUT2D eigenvalue weighted by Crippen LogP contribution is 2.36. The second-order valence-electron chi connectivity index (χ2n) is 5.58. The first-order chi connectivity index (χ1) is 10.4. The Morgan fingerprint density at radius 3 is 2.41 bits per heavy atom. The second-order valence-corrected chi connectivity index (χ2v) is 5.99. The normalized spacial score (nSPS) is 17.1. The Bertz CT molecular complexity index is 526. The Hall–Kier alpha value is -1.27. The van der Waals surface area contributed by atoms with Crippen molar-refractivity contribution in [3.05, 3.63) is 28.8 Å². The van der Waals surface area contributed by atoms with Crippen LogP contribution in [-0.2, 0) is 11.0 Å². The number of quaternary nitrogens is 1. The summed E-state index contributed by atoms with van der Waals surface area (Å²) < 4.78 is 38.3. The Balaban J connectivity index is 1.99. The molecule has 1 aromatic rings. The Morgan fingerprint density at radius 2 is 1.82 bits per heavy atom. The van der Waals surface area contributed by atoms with Crippen molar-refractivity contribution in [2.75, 3.05) is 25.0 Å². The minimum absolute atomic E-state index is 0.121. The van der Waals surface area contributed by atoms with Gasteiger partial charge in [0.15, 0.2) is 6.54 Å². The first-order valence-electron chi connectivity index (χ1n) is 7.36. The number of hydrogen-bond donors (Lipinski definition) is 2. The highest BCUT2D eigenvalue weighted by molar-refractivity contribution is 6.31. The fourth-order valence-electron chi connectivity index (χ4n) is 2.66. The van der Waals surface area contributed by atoms with Crippen LogP contribution in [0.15, 0.2) is 18.2 Å². The van der Waals surface area contributed by atoms with Crippen LogP contribution in [0.4, 0.5) is 18.9 Å². The van der Waals surface area contributed by atoms with Gasteiger partial charge in [-0.2, -0.15) is 13.2 Å². The number of hydrogen-bond acceptors (Lipinski definition) is 1. The molecule has 122 valence electrons. The van der Waals surface area contributed by atoms with Gasteiger partial charge in [-0.25, -0.2) is 0 Å². The third-order valence-electron chi connectivity index (χ3n) is 3.78. The molecule has 1 fully saturated rings. The van der Waals surface area contributed by atoms with Crippen molar-refractivity contribution in [2.24, 2.45) is 0 Å². The molecule has 0 aromatic heterocycles. The number of anilines is 1. The summed E-state index contributed by atoms with van der Waals surface area (Å²) in [5.41, 5.74) is -0.815. The number of carbonyl (C=O) groups excluding carboxylic acids is 1. The summed E-state index contributed by atoms with van der Waals surface area (Å²) in [4.78, 5) is 13.2. The zero-order valence-corrected chi connectivity index (χ0v) is 12.9. The molecule has 0 atom stereocenters. The van der Waals surface area contributed by atoms with E-state index in [1.807, 2.05) is 0 Å². The topological polar surface area (TPSA) is 33.5 Å². The van der Waals surface area contributed by atoms with Gasteiger partial charge in [0.25, 0.3) is 5.91 Å². The molecule has 1 aromatic carbocycles. The first-order valence-corrected chi connectivity index (χ1v) is 7.74. The van der Waals surface area contributed by atoms with E-state index in [9.17, 15) is 18.0 Å². The van der Waals surface area contributed by atoms with Gasteiger partial charge >= 0.3 is 6.18 Å². The lowest BCUT2D eigenvalue weighted by Crippen LogP contribution is -3.12. The average molecular weight is 336 g/mol. The molecule has 1 heterocycles. The van der Waals surface area contributed by atoms with E-state index in [0.717, 1.165) is 38.1 Å². The fraction of sp³-hybridized carbons (Fsp3) is 0.533. The Kier molecular flexibility index (Phi) is 5.69. The molecule has 0 saturated carbocycles. The standard InChI is InChI=1S/C15H18ClF3N2O/c16-13-6-5-11(9-12(13)15(17,18)19)20-14(22)10-21-7-3-1-2-4-8-21/h5-6,9H,1-4,7-8,10H2,(H,20,22)/p+1. The smallest absolute Gasteiger partial charge is 0.327 e. The van der Waals surface area contributed by atoms with Crippen LogP contribution in [-0.4, -0.2) is 25.5 Å². The summed E-state index contributed by atoms with van der Waals surface area (Å²) in [6.45, 7) is 2.15. The van der Waals surface area contributed by atoms with E-state index in [1.54, 1.807) is 0 Å². The summed E-state index contributed by atoms with van der Waals surface area (Å²) in [6, 6.07) is 3.41. The van der Waals surface area contributed by atoms with E-state index in [2.05, 4.69) is 5.32 Å². The van der Waals surface area contributed by atoms with Gasteiger partial charge in [-0.05, 0) is 43.9 Å². The van der Waals surface area contributed by atoms with Crippen LogP contribution in [0.2, 0.25) is 5.02 Å². The highest BCUT2D eigenvalue weighted by atomic mass is 35.5. The molecule has 3 nitrogen and oxygen atoms in total. The number of nitrogens with one attached hydrogen (secondary N) is 2. The molecular formula is C15H19ClF3N2O+. The highest BCUT2D eigenvalue weighted by Gasteiger charge is 2.33. The lowest BCUT2D eigenvalue weighted by atomic mass is 10.2. The molecule has 0 aliphatic carbocycles. The van der Waals surface area contributed by atoms with Crippen LogP contribution in [0.3, 0.4) is 0 Å². The van der Waals surface area contributed by atoms with Gasteiger partial charge < -0.3 is 10.2 Å². The maximum atomic E-state index is 12.8. The van der Waals surface area contributed by atoms with Crippen LogP contribution in [0.25, 0.3) is 0 Å². The molecule has 0 bridgehead atoms. The number of amides is 1. The van der Waals surface area contributed by atoms with E-state index in [-0.39, 0.29) is 23.2 Å². The number of likely N-dealkylation sites (tertiary alicyclic amines) is 1. The quantitative estimate of drug-likeness (QED) is 0.875. The minimum Gasteiger partial charge on any atom is -0.327 e. The number of carbonyl (C=O) groups is 1. The molecule has 2 rings (SSSR count). The Labute approximate surface area is 132 Å². The van der Waals surface area contributed by atoms with Crippen molar-refractivity contribution in [2.45, 2.75) is 31.9 Å². The largest absolute Gasteiger partial charge is 0.417 e. The van der Waals surface area contributed by atoms with E-state index in [0.29, 0.717) is 0 Å². The van der Waals surface area contributed by atoms with Crippen LogP contribution >= 0.6 is 11.6 Å². The van der Waals surface area contributed by atoms with Crippen molar-refractivity contribution in [1.82, 2.24) is 0 Å². The van der Waals surface area contributed by atoms with Gasteiger partial charge in [0, 0.05) is 5.69 Å². The lowest BCUT2D eigenvalue weighted by Gasteiger charge is -2.17. The van der Waals surface area contributed by atoms with E-state index >= 15 is 0 Å². The average Bonchev–Trinajstić information content (AvgIpc) is 2.68. The molecule has 1 aliphatic rings. The molecule has 0 spiro atoms. The van der Waals surface area contributed by atoms with E-state index in [4.69, 9.17) is 11.6 Å². The van der Waals surface area contributed by atoms with Crippen LogP contribution in [0.5, 0.6) is 0 Å². The predicted molar refractivity (Wildman–Crippen MR) is 79.1 cm³/mol. The minimum atomic E-state index is -4.53. The van der Waals surface area contributed by atoms with Crippen molar-refractivity contribution in [1.29, 1.82) is 0 Å². The van der Waals surface area contributed by atoms with Crippen molar-refractivity contribution in [3.8, 4) is 0 Å². The van der Waals surface area contributed by atoms with Crippen LogP contribution in [0, 0.1) is 0 Å². The van der Waals surface area contributed by atoms with Gasteiger partial charge in [-0.3, -0.25) is 4.79 Å². The van der Waals surface area contributed by atoms with Gasteiger partial charge in [-0.1, -0.05) is 11.6 Å². The third kappa shape index (κ3) is 4.88. The van der Waals surface area contributed by atoms with Crippen LogP contribution < -0.4 is 10.2 Å². The van der Waals surface area contributed by atoms with Crippen molar-refractivity contribution < 1.29 is 22.9 Å². The maximum absolute atomic E-state index is 12.8. The number of rotatable bonds is 3. The fourth-order valence-corrected chi connectivity index (χ4v) is 2.88. The van der Waals surface area contributed by atoms with E-state index < -0.39 is 11.7 Å². The first kappa shape index (κ1) is 17.1. The predicted octanol–water partition coefficient (Wildman–Crippen LogP) is 2.76. The number of halogens is 4. The zero-order chi connectivity index (χ0) is 16.2. The van der Waals surface area contributed by atoms with Crippen molar-refractivity contribution >= 4 is 23.2 Å². The second kappa shape index (κ2) is 7.33. The van der Waals surface area contributed by atoms with Gasteiger partial charge in [-0.15, -0.1) is 0 Å². The molecule has 1 saturated heterocycles. The number of benzene rings is 1. The summed E-state index contributed by atoms with van der Waals surface area (Å²) in [7, 11) is 0. The number of alkyl halides is 3. The maximum Gasteiger partial charge on any atom is 0.417 e. The Morgan fingerprint density at radius 1 is 1.18 bits per heavy atom. The van der Waals surface area contributed by atoms with Gasteiger partial charge in [0.05, 0.1) is 23.7 Å². The third-order valence-corrected chi connectivity index (χ3v) is 4.11. The summed E-state index contributed by atoms with van der Waals surface area (Å²) in [5, 5.41) is 2.16. The van der Waals surface area contributed by atoms with Gasteiger partial charge in [0.1, 0.15) is 0 Å². The monoisotopic (exact) mass is 335 g/mol. The molecule has 0 radical (unpaired) electrons. The zero-order valence-electron chi connectivity index (χ0n) is 12.1. The van der Waals surface area contributed by atoms with Crippen LogP contribution in [0.1, 0.15) is 31.2 Å². The molecule has 7 heteroatoms. The molecule has 2 N–H and O–H groups in total. The summed E-state index contributed by atoms with van der Waals surface area (Å²) in [5.74, 6) is -0.271. The lowest BCUT2D eigenvalue weighted by molar-refractivity contribution is -0.890. The molecule has 1 amide bonds.